The van der Waals surface area contributed by atoms with Crippen molar-refractivity contribution in [1.29, 1.82) is 0 Å². The normalized spacial score (nSPS) is 10.8. The molecule has 0 aliphatic heterocycles. The molecule has 0 spiro atoms. The quantitative estimate of drug-likeness (QED) is 0.761. The molecule has 0 amide bonds. The average Bonchev–Trinajstić information content (AvgIpc) is 2.85. The molecule has 0 unspecified atom stereocenters. The molecule has 1 heterocycles. The summed E-state index contributed by atoms with van der Waals surface area (Å²) in [6, 6.07) is 12.9. The average molecular weight is 316 g/mol. The molecule has 2 aromatic carbocycles. The second kappa shape index (κ2) is 5.73. The van der Waals surface area contributed by atoms with Crippen molar-refractivity contribution in [2.24, 2.45) is 0 Å². The van der Waals surface area contributed by atoms with Crippen LogP contribution in [0.25, 0.3) is 22.2 Å². The van der Waals surface area contributed by atoms with Crippen molar-refractivity contribution in [2.75, 3.05) is 7.11 Å². The predicted molar refractivity (Wildman–Crippen MR) is 86.6 cm³/mol. The van der Waals surface area contributed by atoms with E-state index < -0.39 is 5.97 Å². The summed E-state index contributed by atoms with van der Waals surface area (Å²) in [4.78, 5) is 14.5. The number of halogens is 1. The van der Waals surface area contributed by atoms with E-state index in [4.69, 9.17) is 16.3 Å². The summed E-state index contributed by atoms with van der Waals surface area (Å²) >= 11 is 6.26. The van der Waals surface area contributed by atoms with Crippen molar-refractivity contribution in [3.05, 3.63) is 53.1 Å². The van der Waals surface area contributed by atoms with E-state index in [0.29, 0.717) is 16.3 Å². The minimum absolute atomic E-state index is 0.0896. The van der Waals surface area contributed by atoms with Crippen LogP contribution in [0.1, 0.15) is 5.56 Å². The zero-order valence-electron chi connectivity index (χ0n) is 11.9. The molecule has 3 rings (SSSR count). The molecule has 3 aromatic rings. The highest BCUT2D eigenvalue weighted by Crippen LogP contribution is 2.35. The summed E-state index contributed by atoms with van der Waals surface area (Å²) < 4.78 is 5.23. The fourth-order valence-corrected chi connectivity index (χ4v) is 2.81. The van der Waals surface area contributed by atoms with Gasteiger partial charge in [-0.3, -0.25) is 4.79 Å². The molecule has 1 aromatic heterocycles. The van der Waals surface area contributed by atoms with Crippen LogP contribution in [-0.2, 0) is 11.2 Å². The molecule has 112 valence electrons. The minimum atomic E-state index is -0.892. The third kappa shape index (κ3) is 2.53. The lowest BCUT2D eigenvalue weighted by atomic mass is 10.0. The standard InChI is InChI=1S/C17H14ClNO3/c1-22-10-6-7-15-12(8-10)13(9-16(20)21)17(19-15)11-4-2-3-5-14(11)18/h2-8,19H,9H2,1H3,(H,20,21). The molecule has 0 saturated carbocycles. The van der Waals surface area contributed by atoms with Crippen molar-refractivity contribution < 1.29 is 14.6 Å². The third-order valence-corrected chi connectivity index (χ3v) is 3.91. The Balaban J connectivity index is 2.29. The van der Waals surface area contributed by atoms with Gasteiger partial charge in [0.2, 0.25) is 0 Å². The molecule has 0 aliphatic rings. The molecular weight excluding hydrogens is 302 g/mol. The van der Waals surface area contributed by atoms with Gasteiger partial charge in [0.15, 0.2) is 0 Å². The molecule has 5 heteroatoms. The predicted octanol–water partition coefficient (Wildman–Crippen LogP) is 4.12. The number of nitrogens with one attached hydrogen (secondary N) is 1. The molecule has 0 saturated heterocycles. The Morgan fingerprint density at radius 3 is 2.73 bits per heavy atom. The van der Waals surface area contributed by atoms with Gasteiger partial charge in [0.25, 0.3) is 0 Å². The van der Waals surface area contributed by atoms with E-state index in [0.717, 1.165) is 22.2 Å². The van der Waals surface area contributed by atoms with Gasteiger partial charge in [0.05, 0.1) is 19.2 Å². The SMILES string of the molecule is COc1ccc2[nH]c(-c3ccccc3Cl)c(CC(=O)O)c2c1. The second-order valence-electron chi connectivity index (χ2n) is 4.94. The molecule has 0 bridgehead atoms. The van der Waals surface area contributed by atoms with Gasteiger partial charge in [0, 0.05) is 21.5 Å². The molecule has 0 aliphatic carbocycles. The summed E-state index contributed by atoms with van der Waals surface area (Å²) in [5, 5.41) is 10.6. The van der Waals surface area contributed by atoms with E-state index >= 15 is 0 Å². The number of ether oxygens (including phenoxy) is 1. The number of carbonyl (C=O) groups is 1. The fourth-order valence-electron chi connectivity index (χ4n) is 2.58. The lowest BCUT2D eigenvalue weighted by molar-refractivity contribution is -0.136. The molecule has 4 nitrogen and oxygen atoms in total. The van der Waals surface area contributed by atoms with E-state index in [9.17, 15) is 9.90 Å². The first-order valence-electron chi connectivity index (χ1n) is 6.75. The van der Waals surface area contributed by atoms with E-state index in [-0.39, 0.29) is 6.42 Å². The Bertz CT molecular complexity index is 854. The van der Waals surface area contributed by atoms with Crippen LogP contribution in [0.4, 0.5) is 0 Å². The number of fused-ring (bicyclic) bond motifs is 1. The van der Waals surface area contributed by atoms with Gasteiger partial charge in [-0.2, -0.15) is 0 Å². The first kappa shape index (κ1) is 14.5. The summed E-state index contributed by atoms with van der Waals surface area (Å²) in [6.45, 7) is 0. The summed E-state index contributed by atoms with van der Waals surface area (Å²) in [6.07, 6.45) is -0.0896. The van der Waals surface area contributed by atoms with Gasteiger partial charge in [-0.1, -0.05) is 29.8 Å². The van der Waals surface area contributed by atoms with Crippen LogP contribution >= 0.6 is 11.6 Å². The van der Waals surface area contributed by atoms with E-state index in [2.05, 4.69) is 4.98 Å². The van der Waals surface area contributed by atoms with Crippen molar-refractivity contribution >= 4 is 28.5 Å². The van der Waals surface area contributed by atoms with Gasteiger partial charge in [-0.15, -0.1) is 0 Å². The minimum Gasteiger partial charge on any atom is -0.497 e. The zero-order chi connectivity index (χ0) is 15.7. The largest absolute Gasteiger partial charge is 0.497 e. The van der Waals surface area contributed by atoms with Gasteiger partial charge in [0.1, 0.15) is 5.75 Å². The Kier molecular flexibility index (Phi) is 3.77. The smallest absolute Gasteiger partial charge is 0.307 e. The molecule has 22 heavy (non-hydrogen) atoms. The number of carboxylic acid groups (broad SMARTS) is 1. The number of aliphatic carboxylic acids is 1. The number of carboxylic acids is 1. The maximum atomic E-state index is 11.3. The van der Waals surface area contributed by atoms with E-state index in [1.54, 1.807) is 13.2 Å². The van der Waals surface area contributed by atoms with Crippen molar-refractivity contribution in [2.45, 2.75) is 6.42 Å². The monoisotopic (exact) mass is 315 g/mol. The van der Waals surface area contributed by atoms with E-state index in [1.165, 1.54) is 0 Å². The molecule has 2 N–H and O–H groups in total. The summed E-state index contributed by atoms with van der Waals surface area (Å²) in [5.41, 5.74) is 3.08. The Labute approximate surface area is 132 Å². The van der Waals surface area contributed by atoms with Crippen LogP contribution in [0.2, 0.25) is 5.02 Å². The molecule has 0 fully saturated rings. The molecule has 0 atom stereocenters. The lowest BCUT2D eigenvalue weighted by Crippen LogP contribution is -2.01. The van der Waals surface area contributed by atoms with Crippen LogP contribution < -0.4 is 4.74 Å². The van der Waals surface area contributed by atoms with Crippen molar-refractivity contribution in [3.63, 3.8) is 0 Å². The number of aromatic nitrogens is 1. The van der Waals surface area contributed by atoms with Crippen LogP contribution in [0, 0.1) is 0 Å². The highest BCUT2D eigenvalue weighted by molar-refractivity contribution is 6.33. The van der Waals surface area contributed by atoms with Gasteiger partial charge >= 0.3 is 5.97 Å². The number of aromatic amines is 1. The number of hydrogen-bond acceptors (Lipinski definition) is 2. The highest BCUT2D eigenvalue weighted by atomic mass is 35.5. The molecule has 0 radical (unpaired) electrons. The highest BCUT2D eigenvalue weighted by Gasteiger charge is 2.18. The fraction of sp³-hybridized carbons (Fsp3) is 0.118. The van der Waals surface area contributed by atoms with Crippen molar-refractivity contribution in [3.8, 4) is 17.0 Å². The Hall–Kier alpha value is -2.46. The van der Waals surface area contributed by atoms with Gasteiger partial charge in [-0.05, 0) is 29.8 Å². The number of benzene rings is 2. The second-order valence-corrected chi connectivity index (χ2v) is 5.35. The molecular formula is C17H14ClNO3. The summed E-state index contributed by atoms with van der Waals surface area (Å²) in [7, 11) is 1.58. The maximum Gasteiger partial charge on any atom is 0.307 e. The van der Waals surface area contributed by atoms with Crippen molar-refractivity contribution in [1.82, 2.24) is 4.98 Å². The summed E-state index contributed by atoms with van der Waals surface area (Å²) in [5.74, 6) is -0.208. The Morgan fingerprint density at radius 1 is 1.27 bits per heavy atom. The van der Waals surface area contributed by atoms with Crippen LogP contribution in [-0.4, -0.2) is 23.2 Å². The number of rotatable bonds is 4. The lowest BCUT2D eigenvalue weighted by Gasteiger charge is -2.05. The Morgan fingerprint density at radius 2 is 2.05 bits per heavy atom. The maximum absolute atomic E-state index is 11.3. The first-order valence-corrected chi connectivity index (χ1v) is 7.13. The third-order valence-electron chi connectivity index (χ3n) is 3.58. The number of methoxy groups -OCH3 is 1. The first-order chi connectivity index (χ1) is 10.6. The van der Waals surface area contributed by atoms with E-state index in [1.807, 2.05) is 36.4 Å². The van der Waals surface area contributed by atoms with Gasteiger partial charge < -0.3 is 14.8 Å². The number of hydrogen-bond donors (Lipinski definition) is 2. The topological polar surface area (TPSA) is 62.3 Å². The van der Waals surface area contributed by atoms with Gasteiger partial charge in [-0.25, -0.2) is 0 Å². The number of H-pyrrole nitrogens is 1. The van der Waals surface area contributed by atoms with Crippen LogP contribution in [0.5, 0.6) is 5.75 Å². The van der Waals surface area contributed by atoms with Crippen LogP contribution in [0.15, 0.2) is 42.5 Å². The zero-order valence-corrected chi connectivity index (χ0v) is 12.6. The van der Waals surface area contributed by atoms with Crippen LogP contribution in [0.3, 0.4) is 0 Å².